The van der Waals surface area contributed by atoms with Crippen molar-refractivity contribution in [3.05, 3.63) is 70.8 Å². The summed E-state index contributed by atoms with van der Waals surface area (Å²) < 4.78 is 26.4. The summed E-state index contributed by atoms with van der Waals surface area (Å²) in [7, 11) is 0. The summed E-state index contributed by atoms with van der Waals surface area (Å²) in [6, 6.07) is 11.0. The average Bonchev–Trinajstić information content (AvgIpc) is 2.42. The molecule has 2 aromatic carbocycles. The molecule has 4 heteroatoms. The monoisotopic (exact) mass is 271 g/mol. The molecule has 0 saturated heterocycles. The molecular weight excluding hydrogens is 260 g/mol. The van der Waals surface area contributed by atoms with Crippen LogP contribution in [0.1, 0.15) is 27.4 Å². The molecule has 2 rings (SSSR count). The largest absolute Gasteiger partial charge is 0.292 e. The molecule has 0 aromatic heterocycles. The topological polar surface area (TPSA) is 40.9 Å². The fraction of sp³-hybridized carbons (Fsp3) is 0.125. The molecule has 2 aromatic rings. The number of carbonyl (C=O) groups excluding carboxylic acids is 1. The number of Topliss-reactive ketones (excluding diaryl/α,β-unsaturated/α-hetero) is 1. The van der Waals surface area contributed by atoms with E-state index in [1.807, 2.05) is 6.07 Å². The Bertz CT molecular complexity index is 704. The van der Waals surface area contributed by atoms with Gasteiger partial charge in [0.1, 0.15) is 17.6 Å². The smallest absolute Gasteiger partial charge is 0.184 e. The molecule has 0 N–H and O–H groups in total. The molecule has 0 amide bonds. The number of rotatable bonds is 3. The van der Waals surface area contributed by atoms with Gasteiger partial charge in [0.2, 0.25) is 0 Å². The van der Waals surface area contributed by atoms with E-state index < -0.39 is 23.3 Å². The van der Waals surface area contributed by atoms with Gasteiger partial charge in [0.25, 0.3) is 0 Å². The number of carbonyl (C=O) groups is 1. The van der Waals surface area contributed by atoms with Gasteiger partial charge in [-0.2, -0.15) is 5.26 Å². The van der Waals surface area contributed by atoms with Crippen LogP contribution >= 0.6 is 0 Å². The summed E-state index contributed by atoms with van der Waals surface area (Å²) in [5.74, 6) is -2.75. The maximum absolute atomic E-state index is 13.2. The molecule has 0 aliphatic carbocycles. The Morgan fingerprint density at radius 3 is 2.50 bits per heavy atom. The Labute approximate surface area is 115 Å². The van der Waals surface area contributed by atoms with E-state index in [0.29, 0.717) is 5.56 Å². The zero-order chi connectivity index (χ0) is 14.7. The fourth-order valence-corrected chi connectivity index (χ4v) is 1.99. The minimum atomic E-state index is -1.15. The molecule has 100 valence electrons. The number of nitrogens with zero attached hydrogens (tertiary/aromatic N) is 1. The van der Waals surface area contributed by atoms with E-state index in [1.165, 1.54) is 30.3 Å². The van der Waals surface area contributed by atoms with Crippen molar-refractivity contribution in [3.8, 4) is 6.07 Å². The highest BCUT2D eigenvalue weighted by Crippen LogP contribution is 2.23. The Kier molecular flexibility index (Phi) is 3.90. The van der Waals surface area contributed by atoms with Crippen LogP contribution in [0.4, 0.5) is 8.78 Å². The van der Waals surface area contributed by atoms with E-state index in [1.54, 1.807) is 6.92 Å². The molecular formula is C16H11F2NO. The van der Waals surface area contributed by atoms with Gasteiger partial charge < -0.3 is 0 Å². The van der Waals surface area contributed by atoms with Crippen LogP contribution in [0.3, 0.4) is 0 Å². The zero-order valence-electron chi connectivity index (χ0n) is 10.7. The van der Waals surface area contributed by atoms with E-state index in [0.717, 1.165) is 12.1 Å². The number of ketones is 1. The maximum Gasteiger partial charge on any atom is 0.184 e. The van der Waals surface area contributed by atoms with Crippen molar-refractivity contribution in [3.63, 3.8) is 0 Å². The third-order valence-electron chi connectivity index (χ3n) is 3.04. The summed E-state index contributed by atoms with van der Waals surface area (Å²) in [6.07, 6.45) is 0. The average molecular weight is 271 g/mol. The second-order valence-electron chi connectivity index (χ2n) is 4.44. The molecule has 0 fully saturated rings. The molecule has 0 aliphatic heterocycles. The van der Waals surface area contributed by atoms with Crippen LogP contribution in [-0.4, -0.2) is 5.78 Å². The summed E-state index contributed by atoms with van der Waals surface area (Å²) in [5.41, 5.74) is 0.982. The minimum Gasteiger partial charge on any atom is -0.292 e. The first-order valence-corrected chi connectivity index (χ1v) is 5.98. The number of nitriles is 1. The summed E-state index contributed by atoms with van der Waals surface area (Å²) in [5, 5.41) is 9.18. The van der Waals surface area contributed by atoms with Crippen molar-refractivity contribution >= 4 is 5.78 Å². The number of halogens is 2. The lowest BCUT2D eigenvalue weighted by molar-refractivity contribution is 0.0978. The van der Waals surface area contributed by atoms with Gasteiger partial charge in [-0.3, -0.25) is 4.79 Å². The Morgan fingerprint density at radius 2 is 1.85 bits per heavy atom. The molecule has 20 heavy (non-hydrogen) atoms. The maximum atomic E-state index is 13.2. The third-order valence-corrected chi connectivity index (χ3v) is 3.04. The van der Waals surface area contributed by atoms with Crippen LogP contribution in [0.2, 0.25) is 0 Å². The summed E-state index contributed by atoms with van der Waals surface area (Å²) in [4.78, 5) is 12.3. The van der Waals surface area contributed by atoms with E-state index >= 15 is 0 Å². The van der Waals surface area contributed by atoms with Gasteiger partial charge in [-0.15, -0.1) is 0 Å². The van der Waals surface area contributed by atoms with Crippen molar-refractivity contribution in [2.75, 3.05) is 0 Å². The van der Waals surface area contributed by atoms with E-state index in [-0.39, 0.29) is 11.1 Å². The van der Waals surface area contributed by atoms with Gasteiger partial charge >= 0.3 is 0 Å². The molecule has 1 unspecified atom stereocenters. The van der Waals surface area contributed by atoms with Crippen LogP contribution in [0.25, 0.3) is 0 Å². The van der Waals surface area contributed by atoms with Crippen molar-refractivity contribution in [1.82, 2.24) is 0 Å². The van der Waals surface area contributed by atoms with Crippen molar-refractivity contribution in [1.29, 1.82) is 5.26 Å². The van der Waals surface area contributed by atoms with Gasteiger partial charge in [0, 0.05) is 5.56 Å². The lowest BCUT2D eigenvalue weighted by Gasteiger charge is -2.11. The molecule has 0 heterocycles. The van der Waals surface area contributed by atoms with Crippen molar-refractivity contribution in [2.24, 2.45) is 0 Å². The number of hydrogen-bond acceptors (Lipinski definition) is 2. The predicted octanol–water partition coefficient (Wildman–Crippen LogP) is 3.76. The Balaban J connectivity index is 2.45. The van der Waals surface area contributed by atoms with Gasteiger partial charge in [0.05, 0.1) is 6.07 Å². The van der Waals surface area contributed by atoms with Crippen LogP contribution in [-0.2, 0) is 0 Å². The first-order chi connectivity index (χ1) is 9.52. The molecule has 1 atom stereocenters. The van der Waals surface area contributed by atoms with Crippen LogP contribution in [0.15, 0.2) is 42.5 Å². The van der Waals surface area contributed by atoms with Gasteiger partial charge in [0.15, 0.2) is 5.78 Å². The first-order valence-electron chi connectivity index (χ1n) is 5.98. The molecule has 0 spiro atoms. The number of hydrogen-bond donors (Lipinski definition) is 0. The van der Waals surface area contributed by atoms with Gasteiger partial charge in [-0.05, 0) is 42.3 Å². The molecule has 0 bridgehead atoms. The van der Waals surface area contributed by atoms with Crippen LogP contribution < -0.4 is 0 Å². The lowest BCUT2D eigenvalue weighted by atomic mass is 9.90. The zero-order valence-corrected chi connectivity index (χ0v) is 10.7. The SMILES string of the molecule is Cc1ccc(F)cc1C(=O)C(C#N)c1cccc(F)c1. The summed E-state index contributed by atoms with van der Waals surface area (Å²) in [6.45, 7) is 1.66. The van der Waals surface area contributed by atoms with E-state index in [2.05, 4.69) is 0 Å². The minimum absolute atomic E-state index is 0.140. The molecule has 0 saturated carbocycles. The molecule has 0 radical (unpaired) electrons. The first kappa shape index (κ1) is 13.9. The van der Waals surface area contributed by atoms with Gasteiger partial charge in [-0.1, -0.05) is 18.2 Å². The lowest BCUT2D eigenvalue weighted by Crippen LogP contribution is -2.13. The van der Waals surface area contributed by atoms with Gasteiger partial charge in [-0.25, -0.2) is 8.78 Å². The molecule has 0 aliphatic rings. The normalized spacial score (nSPS) is 11.7. The van der Waals surface area contributed by atoms with Crippen molar-refractivity contribution < 1.29 is 13.6 Å². The fourth-order valence-electron chi connectivity index (χ4n) is 1.99. The van der Waals surface area contributed by atoms with Crippen LogP contribution in [0, 0.1) is 29.9 Å². The quantitative estimate of drug-likeness (QED) is 0.797. The van der Waals surface area contributed by atoms with E-state index in [9.17, 15) is 18.8 Å². The number of aryl methyl sites for hydroxylation is 1. The highest BCUT2D eigenvalue weighted by Gasteiger charge is 2.23. The Morgan fingerprint density at radius 1 is 1.15 bits per heavy atom. The summed E-state index contributed by atoms with van der Waals surface area (Å²) >= 11 is 0. The van der Waals surface area contributed by atoms with Crippen molar-refractivity contribution in [2.45, 2.75) is 12.8 Å². The predicted molar refractivity (Wildman–Crippen MR) is 70.2 cm³/mol. The van der Waals surface area contributed by atoms with E-state index in [4.69, 9.17) is 0 Å². The highest BCUT2D eigenvalue weighted by molar-refractivity contribution is 6.03. The standard InChI is InChI=1S/C16H11F2NO/c1-10-5-6-13(18)8-14(10)16(20)15(9-19)11-3-2-4-12(17)7-11/h2-8,15H,1H3. The second kappa shape index (κ2) is 5.62. The van der Waals surface area contributed by atoms with Crippen LogP contribution in [0.5, 0.6) is 0 Å². The second-order valence-corrected chi connectivity index (χ2v) is 4.44. The Hall–Kier alpha value is -2.54. The highest BCUT2D eigenvalue weighted by atomic mass is 19.1. The number of benzene rings is 2. The molecule has 2 nitrogen and oxygen atoms in total. The third kappa shape index (κ3) is 2.72.